The van der Waals surface area contributed by atoms with Crippen molar-refractivity contribution < 1.29 is 60.7 Å². The van der Waals surface area contributed by atoms with Crippen LogP contribution in [0, 0.1) is 13.8 Å². The first-order valence-electron chi connectivity index (χ1n) is 3.70. The number of aromatic nitrogens is 1. The molecule has 1 aromatic heterocycles. The third-order valence-electron chi connectivity index (χ3n) is 1.37. The molecule has 0 saturated carbocycles. The molecular formula is C8H11KN2O2. The van der Waals surface area contributed by atoms with E-state index in [1.165, 1.54) is 0 Å². The van der Waals surface area contributed by atoms with E-state index in [1.54, 1.807) is 13.0 Å². The van der Waals surface area contributed by atoms with Gasteiger partial charge in [-0.05, 0) is 6.92 Å². The fourth-order valence-corrected chi connectivity index (χ4v) is 0.779. The Balaban J connectivity index is 0.00000144. The van der Waals surface area contributed by atoms with E-state index in [4.69, 9.17) is 4.52 Å². The van der Waals surface area contributed by atoms with Crippen molar-refractivity contribution in [2.24, 2.45) is 0 Å². The van der Waals surface area contributed by atoms with Crippen LogP contribution in [-0.4, -0.2) is 11.1 Å². The fourth-order valence-electron chi connectivity index (χ4n) is 0.779. The van der Waals surface area contributed by atoms with Crippen LogP contribution in [-0.2, 0) is 11.3 Å². The van der Waals surface area contributed by atoms with Gasteiger partial charge >= 0.3 is 51.4 Å². The molecule has 1 N–H and O–H groups in total. The summed E-state index contributed by atoms with van der Waals surface area (Å²) in [5.74, 6) is 0.657. The first kappa shape index (κ1) is 13.3. The second kappa shape index (κ2) is 6.72. The number of hydrogen-bond acceptors (Lipinski definition) is 3. The first-order valence-corrected chi connectivity index (χ1v) is 3.70. The molecule has 4 nitrogen and oxygen atoms in total. The van der Waals surface area contributed by atoms with Gasteiger partial charge in [0.15, 0.2) is 5.91 Å². The van der Waals surface area contributed by atoms with Crippen molar-refractivity contribution in [2.45, 2.75) is 19.9 Å². The molecular weight excluding hydrogens is 195 g/mol. The van der Waals surface area contributed by atoms with E-state index < -0.39 is 0 Å². The number of aryl methyl sites for hydroxylation is 1. The predicted octanol–water partition coefficient (Wildman–Crippen LogP) is -2.17. The third kappa shape index (κ3) is 4.92. The average Bonchev–Trinajstić information content (AvgIpc) is 2.47. The fraction of sp³-hybridized carbons (Fsp3) is 0.375. The van der Waals surface area contributed by atoms with Gasteiger partial charge in [0.2, 0.25) is 0 Å². The van der Waals surface area contributed by atoms with E-state index in [0.717, 1.165) is 11.5 Å². The second-order valence-corrected chi connectivity index (χ2v) is 2.46. The zero-order chi connectivity index (χ0) is 8.97. The molecule has 0 radical (unpaired) electrons. The maximum atomic E-state index is 10.8. The third-order valence-corrected chi connectivity index (χ3v) is 1.37. The number of carbonyl (C=O) groups excluding carboxylic acids is 1. The average molecular weight is 206 g/mol. The van der Waals surface area contributed by atoms with E-state index in [9.17, 15) is 4.79 Å². The van der Waals surface area contributed by atoms with Gasteiger partial charge in [-0.3, -0.25) is 4.79 Å². The quantitative estimate of drug-likeness (QED) is 0.452. The van der Waals surface area contributed by atoms with E-state index in [1.807, 2.05) is 0 Å². The molecule has 0 aromatic carbocycles. The van der Waals surface area contributed by atoms with Gasteiger partial charge in [0, 0.05) is 6.07 Å². The second-order valence-electron chi connectivity index (χ2n) is 2.46. The molecule has 66 valence electrons. The number of amides is 1. The van der Waals surface area contributed by atoms with Gasteiger partial charge < -0.3 is 16.8 Å². The van der Waals surface area contributed by atoms with Crippen LogP contribution < -0.4 is 56.7 Å². The van der Waals surface area contributed by atoms with Gasteiger partial charge in [-0.15, -0.1) is 6.42 Å². The van der Waals surface area contributed by atoms with E-state index >= 15 is 0 Å². The van der Waals surface area contributed by atoms with E-state index in [-0.39, 0.29) is 63.7 Å². The molecule has 1 heterocycles. The van der Waals surface area contributed by atoms with Crippen molar-refractivity contribution in [3.8, 4) is 0 Å². The molecule has 0 aliphatic heterocycles. The Bertz CT molecular complexity index is 273. The summed E-state index contributed by atoms with van der Waals surface area (Å²) >= 11 is 0. The van der Waals surface area contributed by atoms with Crippen molar-refractivity contribution in [1.29, 1.82) is 0 Å². The summed E-state index contributed by atoms with van der Waals surface area (Å²) in [6.07, 6.45) is 0.247. The van der Waals surface area contributed by atoms with Crippen molar-refractivity contribution in [1.82, 2.24) is 10.5 Å². The standard InChI is InChI=1S/C8H11N2O2.K/c1-3-8(11)9-5-7-4-6(2)12-10-7;/h4H,1,3,5H2,2H3,(H,9,11);/q-1;+1. The van der Waals surface area contributed by atoms with Gasteiger partial charge in [0.1, 0.15) is 11.5 Å². The summed E-state index contributed by atoms with van der Waals surface area (Å²) in [5, 5.41) is 6.35. The van der Waals surface area contributed by atoms with Crippen LogP contribution in [0.4, 0.5) is 0 Å². The largest absolute Gasteiger partial charge is 1.00 e. The summed E-state index contributed by atoms with van der Waals surface area (Å²) in [6.45, 7) is 5.66. The van der Waals surface area contributed by atoms with Crippen LogP contribution in [0.25, 0.3) is 0 Å². The molecule has 0 spiro atoms. The molecule has 0 fully saturated rings. The van der Waals surface area contributed by atoms with Crippen LogP contribution >= 0.6 is 0 Å². The normalized spacial score (nSPS) is 9.08. The molecule has 0 unspecified atom stereocenters. The number of rotatable bonds is 3. The van der Waals surface area contributed by atoms with Gasteiger partial charge in [-0.2, -0.15) is 0 Å². The van der Waals surface area contributed by atoms with Crippen LogP contribution in [0.2, 0.25) is 0 Å². The maximum Gasteiger partial charge on any atom is 1.00 e. The van der Waals surface area contributed by atoms with Crippen LogP contribution in [0.5, 0.6) is 0 Å². The Hall–Kier alpha value is 0.316. The topological polar surface area (TPSA) is 55.1 Å². The molecule has 13 heavy (non-hydrogen) atoms. The van der Waals surface area contributed by atoms with Gasteiger partial charge in [-0.25, -0.2) is 0 Å². The summed E-state index contributed by atoms with van der Waals surface area (Å²) in [7, 11) is 0. The predicted molar refractivity (Wildman–Crippen MR) is 43.1 cm³/mol. The van der Waals surface area contributed by atoms with E-state index in [2.05, 4.69) is 17.4 Å². The van der Waals surface area contributed by atoms with Crippen molar-refractivity contribution in [2.75, 3.05) is 0 Å². The molecule has 0 aliphatic carbocycles. The molecule has 5 heteroatoms. The molecule has 1 amide bonds. The molecule has 0 atom stereocenters. The Morgan fingerprint density at radius 1 is 1.77 bits per heavy atom. The smallest absolute Gasteiger partial charge is 0.361 e. The van der Waals surface area contributed by atoms with Gasteiger partial charge in [0.25, 0.3) is 0 Å². The molecule has 0 saturated heterocycles. The first-order chi connectivity index (χ1) is 5.72. The minimum Gasteiger partial charge on any atom is -0.361 e. The summed E-state index contributed by atoms with van der Waals surface area (Å²) < 4.78 is 4.81. The van der Waals surface area contributed by atoms with Gasteiger partial charge in [-0.1, -0.05) is 5.16 Å². The van der Waals surface area contributed by atoms with Crippen LogP contribution in [0.3, 0.4) is 0 Å². The Kier molecular flexibility index (Phi) is 6.89. The van der Waals surface area contributed by atoms with Crippen molar-refractivity contribution in [3.63, 3.8) is 0 Å². The molecule has 1 aromatic rings. The summed E-state index contributed by atoms with van der Waals surface area (Å²) in [6, 6.07) is 1.78. The van der Waals surface area contributed by atoms with Crippen LogP contribution in [0.15, 0.2) is 10.6 Å². The maximum absolute atomic E-state index is 10.8. The minimum atomic E-state index is -0.0874. The zero-order valence-corrected chi connectivity index (χ0v) is 11.1. The Morgan fingerprint density at radius 2 is 2.46 bits per heavy atom. The number of hydrogen-bond donors (Lipinski definition) is 1. The van der Waals surface area contributed by atoms with Gasteiger partial charge in [0.05, 0.1) is 6.54 Å². The minimum absolute atomic E-state index is 0. The monoisotopic (exact) mass is 206 g/mol. The Labute approximate surface area is 120 Å². The van der Waals surface area contributed by atoms with E-state index in [0.29, 0.717) is 6.54 Å². The summed E-state index contributed by atoms with van der Waals surface area (Å²) in [5.41, 5.74) is 0.731. The molecule has 0 aliphatic rings. The summed E-state index contributed by atoms with van der Waals surface area (Å²) in [4.78, 5) is 10.8. The van der Waals surface area contributed by atoms with Crippen molar-refractivity contribution in [3.05, 3.63) is 24.4 Å². The molecule has 0 bridgehead atoms. The number of nitrogens with zero attached hydrogens (tertiary/aromatic N) is 1. The number of carbonyl (C=O) groups is 1. The Morgan fingerprint density at radius 3 is 2.92 bits per heavy atom. The zero-order valence-electron chi connectivity index (χ0n) is 7.96. The van der Waals surface area contributed by atoms with Crippen LogP contribution in [0.1, 0.15) is 17.9 Å². The number of nitrogens with one attached hydrogen (secondary N) is 1. The molecule has 1 rings (SSSR count). The van der Waals surface area contributed by atoms with Crippen molar-refractivity contribution >= 4 is 5.91 Å². The SMILES string of the molecule is [CH2-]CC(=O)NCc1cc(C)on1.[K+].